The second kappa shape index (κ2) is 9.35. The van der Waals surface area contributed by atoms with Crippen LogP contribution in [0.2, 0.25) is 5.02 Å². The second-order valence-corrected chi connectivity index (χ2v) is 6.66. The lowest BCUT2D eigenvalue weighted by Gasteiger charge is -2.09. The Morgan fingerprint density at radius 2 is 2.12 bits per heavy atom. The van der Waals surface area contributed by atoms with Crippen LogP contribution < -0.4 is 10.6 Å². The highest BCUT2D eigenvalue weighted by Crippen LogP contribution is 2.12. The zero-order chi connectivity index (χ0) is 16.9. The average molecular weight is 491 g/mol. The fourth-order valence-electron chi connectivity index (χ4n) is 2.24. The van der Waals surface area contributed by atoms with Gasteiger partial charge in [-0.1, -0.05) is 11.6 Å². The summed E-state index contributed by atoms with van der Waals surface area (Å²) < 4.78 is 1.91. The largest absolute Gasteiger partial charge is 0.357 e. The van der Waals surface area contributed by atoms with Crippen molar-refractivity contribution in [3.05, 3.63) is 51.3 Å². The Balaban J connectivity index is 0.00000225. The Morgan fingerprint density at radius 1 is 1.28 bits per heavy atom. The van der Waals surface area contributed by atoms with Crippen LogP contribution in [0.15, 0.2) is 34.9 Å². The molecule has 0 atom stereocenters. The van der Waals surface area contributed by atoms with Crippen molar-refractivity contribution in [2.24, 2.45) is 4.99 Å². The van der Waals surface area contributed by atoms with Crippen LogP contribution in [-0.2, 0) is 13.1 Å². The molecule has 9 heteroatoms. The molecule has 6 nitrogen and oxygen atoms in total. The van der Waals surface area contributed by atoms with Crippen LogP contribution in [0.5, 0.6) is 0 Å². The summed E-state index contributed by atoms with van der Waals surface area (Å²) in [7, 11) is 0. The van der Waals surface area contributed by atoms with Gasteiger partial charge in [-0.25, -0.2) is 15.0 Å². The van der Waals surface area contributed by atoms with Crippen LogP contribution >= 0.6 is 46.9 Å². The van der Waals surface area contributed by atoms with Gasteiger partial charge in [-0.05, 0) is 26.0 Å². The number of aromatic nitrogens is 3. The van der Waals surface area contributed by atoms with Gasteiger partial charge in [-0.3, -0.25) is 0 Å². The Labute approximate surface area is 172 Å². The lowest BCUT2D eigenvalue weighted by Crippen LogP contribution is -2.36. The van der Waals surface area contributed by atoms with Crippen molar-refractivity contribution in [2.75, 3.05) is 6.54 Å². The number of hydrogen-bond donors (Lipinski definition) is 2. The lowest BCUT2D eigenvalue weighted by molar-refractivity contribution is 0.807. The van der Waals surface area contributed by atoms with E-state index in [1.165, 1.54) is 0 Å². The Bertz CT molecular complexity index is 859. The molecule has 2 N–H and O–H groups in total. The highest BCUT2D eigenvalue weighted by molar-refractivity contribution is 14.0. The van der Waals surface area contributed by atoms with Gasteiger partial charge >= 0.3 is 0 Å². The number of nitrogens with one attached hydrogen (secondary N) is 2. The molecule has 0 aliphatic rings. The first kappa shape index (κ1) is 19.9. The molecule has 0 bridgehead atoms. The van der Waals surface area contributed by atoms with Crippen LogP contribution in [0, 0.1) is 6.92 Å². The topological polar surface area (TPSA) is 66.6 Å². The zero-order valence-corrected chi connectivity index (χ0v) is 17.9. The van der Waals surface area contributed by atoms with Crippen LogP contribution in [0.3, 0.4) is 0 Å². The molecule has 0 aliphatic carbocycles. The average Bonchev–Trinajstić information content (AvgIpc) is 3.15. The minimum atomic E-state index is 0. The number of nitrogens with zero attached hydrogens (tertiary/aromatic N) is 4. The summed E-state index contributed by atoms with van der Waals surface area (Å²) in [6, 6.07) is 3.72. The molecule has 0 radical (unpaired) electrons. The van der Waals surface area contributed by atoms with Crippen LogP contribution in [0.1, 0.15) is 23.3 Å². The van der Waals surface area contributed by atoms with E-state index < -0.39 is 0 Å². The standard InChI is InChI=1S/C16H19ClN6S.HI/c1-3-18-16(20-7-15-21-11(2)10-24-15)19-6-13-9-23-8-12(17)4-5-14(23)22-13;/h4-5,8-10H,3,6-7H2,1-2H3,(H2,18,19,20);1H. The van der Waals surface area contributed by atoms with Crippen molar-refractivity contribution in [1.82, 2.24) is 25.0 Å². The zero-order valence-electron chi connectivity index (χ0n) is 14.0. The van der Waals surface area contributed by atoms with E-state index in [2.05, 4.69) is 25.6 Å². The maximum atomic E-state index is 6.00. The Morgan fingerprint density at radius 3 is 2.84 bits per heavy atom. The molecule has 0 unspecified atom stereocenters. The van der Waals surface area contributed by atoms with E-state index in [4.69, 9.17) is 11.6 Å². The summed E-state index contributed by atoms with van der Waals surface area (Å²) in [5.41, 5.74) is 2.79. The first-order valence-corrected chi connectivity index (χ1v) is 8.96. The van der Waals surface area contributed by atoms with Crippen molar-refractivity contribution >= 4 is 58.5 Å². The normalized spacial score (nSPS) is 11.4. The molecule has 0 spiro atoms. The first-order valence-electron chi connectivity index (χ1n) is 7.70. The summed E-state index contributed by atoms with van der Waals surface area (Å²) in [5.74, 6) is 0.750. The van der Waals surface area contributed by atoms with Gasteiger partial charge in [-0.15, -0.1) is 35.3 Å². The summed E-state index contributed by atoms with van der Waals surface area (Å²) in [6.45, 7) is 5.98. The second-order valence-electron chi connectivity index (χ2n) is 5.28. The van der Waals surface area contributed by atoms with E-state index in [1.54, 1.807) is 11.3 Å². The molecule has 134 valence electrons. The van der Waals surface area contributed by atoms with Crippen molar-refractivity contribution < 1.29 is 0 Å². The van der Waals surface area contributed by atoms with E-state index in [1.807, 2.05) is 48.2 Å². The highest BCUT2D eigenvalue weighted by atomic mass is 127. The number of fused-ring (bicyclic) bond motifs is 1. The molecule has 0 aromatic carbocycles. The molecular weight excluding hydrogens is 471 g/mol. The van der Waals surface area contributed by atoms with Gasteiger partial charge < -0.3 is 15.0 Å². The molecule has 0 amide bonds. The third-order valence-corrected chi connectivity index (χ3v) is 4.47. The molecule has 0 fully saturated rings. The maximum absolute atomic E-state index is 6.00. The van der Waals surface area contributed by atoms with Crippen molar-refractivity contribution in [3.8, 4) is 0 Å². The number of guanidine groups is 1. The molecule has 3 aromatic heterocycles. The molecule has 3 heterocycles. The summed E-state index contributed by atoms with van der Waals surface area (Å²) >= 11 is 7.64. The first-order chi connectivity index (χ1) is 11.6. The Hall–Kier alpha value is -1.39. The number of aliphatic imine (C=N–C) groups is 1. The van der Waals surface area contributed by atoms with E-state index in [0.29, 0.717) is 18.1 Å². The predicted molar refractivity (Wildman–Crippen MR) is 114 cm³/mol. The van der Waals surface area contributed by atoms with Gasteiger partial charge in [0.1, 0.15) is 10.7 Å². The number of halogens is 2. The highest BCUT2D eigenvalue weighted by Gasteiger charge is 2.04. The number of rotatable bonds is 5. The lowest BCUT2D eigenvalue weighted by atomic mass is 10.5. The van der Waals surface area contributed by atoms with Gasteiger partial charge in [0, 0.05) is 30.0 Å². The number of imidazole rings is 1. The third kappa shape index (κ3) is 5.55. The van der Waals surface area contributed by atoms with Crippen LogP contribution in [0.4, 0.5) is 0 Å². The smallest absolute Gasteiger partial charge is 0.191 e. The monoisotopic (exact) mass is 490 g/mol. The van der Waals surface area contributed by atoms with E-state index >= 15 is 0 Å². The number of aryl methyl sites for hydroxylation is 1. The quantitative estimate of drug-likeness (QED) is 0.326. The fraction of sp³-hybridized carbons (Fsp3) is 0.312. The minimum absolute atomic E-state index is 0. The van der Waals surface area contributed by atoms with Crippen molar-refractivity contribution in [1.29, 1.82) is 0 Å². The third-order valence-electron chi connectivity index (χ3n) is 3.28. The number of hydrogen-bond acceptors (Lipinski definition) is 4. The van der Waals surface area contributed by atoms with E-state index in [-0.39, 0.29) is 24.0 Å². The fourth-order valence-corrected chi connectivity index (χ4v) is 3.12. The summed E-state index contributed by atoms with van der Waals surface area (Å²) in [5, 5.41) is 10.3. The SMILES string of the molecule is CCNC(=NCc1cn2cc(Cl)ccc2n1)NCc1nc(C)cs1.I. The molecule has 0 saturated carbocycles. The van der Waals surface area contributed by atoms with Gasteiger partial charge in [-0.2, -0.15) is 0 Å². The van der Waals surface area contributed by atoms with Gasteiger partial charge in [0.2, 0.25) is 0 Å². The maximum Gasteiger partial charge on any atom is 0.191 e. The van der Waals surface area contributed by atoms with Gasteiger partial charge in [0.05, 0.1) is 23.8 Å². The summed E-state index contributed by atoms with van der Waals surface area (Å²) in [4.78, 5) is 13.6. The molecule has 25 heavy (non-hydrogen) atoms. The summed E-state index contributed by atoms with van der Waals surface area (Å²) in [6.07, 6.45) is 3.78. The number of thiazole rings is 1. The van der Waals surface area contributed by atoms with E-state index in [9.17, 15) is 0 Å². The van der Waals surface area contributed by atoms with Crippen molar-refractivity contribution in [3.63, 3.8) is 0 Å². The van der Waals surface area contributed by atoms with Crippen LogP contribution in [0.25, 0.3) is 5.65 Å². The molecule has 3 rings (SSSR count). The molecule has 0 aliphatic heterocycles. The van der Waals surface area contributed by atoms with E-state index in [0.717, 1.165) is 34.5 Å². The van der Waals surface area contributed by atoms with Gasteiger partial charge in [0.25, 0.3) is 0 Å². The Kier molecular flexibility index (Phi) is 7.45. The molecule has 0 saturated heterocycles. The molecular formula is C16H20ClIN6S. The van der Waals surface area contributed by atoms with Crippen LogP contribution in [-0.4, -0.2) is 26.9 Å². The van der Waals surface area contributed by atoms with Crippen molar-refractivity contribution in [2.45, 2.75) is 26.9 Å². The minimum Gasteiger partial charge on any atom is -0.357 e. The van der Waals surface area contributed by atoms with Gasteiger partial charge in [0.15, 0.2) is 5.96 Å². The number of pyridine rings is 1. The predicted octanol–water partition coefficient (Wildman–Crippen LogP) is 3.63. The molecule has 3 aromatic rings.